The van der Waals surface area contributed by atoms with Crippen molar-refractivity contribution >= 4 is 0 Å². The zero-order valence-electron chi connectivity index (χ0n) is 11.5. The Hall–Kier alpha value is -0.900. The van der Waals surface area contributed by atoms with E-state index in [1.165, 1.54) is 32.1 Å². The number of hydrogen-bond donors (Lipinski definition) is 1. The third-order valence-electron chi connectivity index (χ3n) is 4.74. The normalized spacial score (nSPS) is 32.7. The number of hydrogen-bond acceptors (Lipinski definition) is 3. The fourth-order valence-electron chi connectivity index (χ4n) is 3.18. The van der Waals surface area contributed by atoms with E-state index in [9.17, 15) is 0 Å². The van der Waals surface area contributed by atoms with Gasteiger partial charge in [0.15, 0.2) is 5.82 Å². The molecule has 2 saturated carbocycles. The summed E-state index contributed by atoms with van der Waals surface area (Å²) in [5.74, 6) is 3.51. The Balaban J connectivity index is 1.80. The molecule has 2 aliphatic carbocycles. The molecule has 2 fully saturated rings. The molecule has 1 aromatic rings. The summed E-state index contributed by atoms with van der Waals surface area (Å²) in [6, 6.07) is 0. The summed E-state index contributed by atoms with van der Waals surface area (Å²) < 4.78 is 1.93. The van der Waals surface area contributed by atoms with Crippen molar-refractivity contribution in [2.75, 3.05) is 0 Å². The molecule has 100 valence electrons. The maximum Gasteiger partial charge on any atom is 0.154 e. The molecule has 0 amide bonds. The Morgan fingerprint density at radius 3 is 2.50 bits per heavy atom. The van der Waals surface area contributed by atoms with Gasteiger partial charge in [-0.25, -0.2) is 4.98 Å². The van der Waals surface area contributed by atoms with Gasteiger partial charge < -0.3 is 5.73 Å². The maximum absolute atomic E-state index is 6.61. The van der Waals surface area contributed by atoms with E-state index < -0.39 is 0 Å². The van der Waals surface area contributed by atoms with Gasteiger partial charge in [-0.1, -0.05) is 13.3 Å². The first kappa shape index (κ1) is 12.2. The zero-order chi connectivity index (χ0) is 12.8. The predicted molar refractivity (Wildman–Crippen MR) is 71.1 cm³/mol. The number of nitrogens with zero attached hydrogens (tertiary/aromatic N) is 3. The molecule has 1 aromatic heterocycles. The van der Waals surface area contributed by atoms with Gasteiger partial charge in [0, 0.05) is 13.0 Å². The standard InChI is InChI=1S/C14H24N4/c1-3-10-6-8-14(15,9-7-10)13-16-12(11-4-5-11)17-18(13)2/h10-11H,3-9,15H2,1-2H3. The lowest BCUT2D eigenvalue weighted by molar-refractivity contribution is 0.217. The van der Waals surface area contributed by atoms with Crippen LogP contribution < -0.4 is 5.73 Å². The highest BCUT2D eigenvalue weighted by Crippen LogP contribution is 2.41. The van der Waals surface area contributed by atoms with Crippen LogP contribution in [0.5, 0.6) is 0 Å². The minimum atomic E-state index is -0.236. The second-order valence-electron chi connectivity index (χ2n) is 6.20. The van der Waals surface area contributed by atoms with Crippen molar-refractivity contribution < 1.29 is 0 Å². The average molecular weight is 248 g/mol. The lowest BCUT2D eigenvalue weighted by atomic mass is 9.76. The van der Waals surface area contributed by atoms with Crippen LogP contribution in [0, 0.1) is 5.92 Å². The van der Waals surface area contributed by atoms with Crippen LogP contribution in [-0.4, -0.2) is 14.8 Å². The van der Waals surface area contributed by atoms with E-state index in [0.717, 1.165) is 30.4 Å². The van der Waals surface area contributed by atoms with E-state index in [0.29, 0.717) is 5.92 Å². The quantitative estimate of drug-likeness (QED) is 0.894. The molecule has 0 aliphatic heterocycles. The topological polar surface area (TPSA) is 56.7 Å². The van der Waals surface area contributed by atoms with Gasteiger partial charge in [0.2, 0.25) is 0 Å². The summed E-state index contributed by atoms with van der Waals surface area (Å²) in [4.78, 5) is 4.74. The summed E-state index contributed by atoms with van der Waals surface area (Å²) in [6.07, 6.45) is 8.36. The van der Waals surface area contributed by atoms with Gasteiger partial charge in [0.25, 0.3) is 0 Å². The number of nitrogens with two attached hydrogens (primary N) is 1. The van der Waals surface area contributed by atoms with E-state index in [1.54, 1.807) is 0 Å². The molecular weight excluding hydrogens is 224 g/mol. The molecule has 1 heterocycles. The first-order valence-electron chi connectivity index (χ1n) is 7.32. The Labute approximate surface area is 109 Å². The molecule has 0 atom stereocenters. The lowest BCUT2D eigenvalue weighted by Gasteiger charge is -2.35. The smallest absolute Gasteiger partial charge is 0.154 e. The molecule has 0 radical (unpaired) electrons. The van der Waals surface area contributed by atoms with Gasteiger partial charge in [0.1, 0.15) is 5.82 Å². The fraction of sp³-hybridized carbons (Fsp3) is 0.857. The van der Waals surface area contributed by atoms with Gasteiger partial charge in [-0.3, -0.25) is 4.68 Å². The summed E-state index contributed by atoms with van der Waals surface area (Å²) in [5.41, 5.74) is 6.37. The molecule has 18 heavy (non-hydrogen) atoms. The van der Waals surface area contributed by atoms with Crippen LogP contribution >= 0.6 is 0 Å². The minimum Gasteiger partial charge on any atom is -0.319 e. The second kappa shape index (κ2) is 4.34. The van der Waals surface area contributed by atoms with Crippen LogP contribution in [0.1, 0.15) is 69.4 Å². The molecule has 4 heteroatoms. The monoisotopic (exact) mass is 248 g/mol. The summed E-state index contributed by atoms with van der Waals surface area (Å²) in [5, 5.41) is 4.56. The van der Waals surface area contributed by atoms with E-state index in [1.807, 2.05) is 11.7 Å². The van der Waals surface area contributed by atoms with Crippen molar-refractivity contribution in [3.05, 3.63) is 11.6 Å². The number of rotatable bonds is 3. The van der Waals surface area contributed by atoms with Crippen LogP contribution in [0.2, 0.25) is 0 Å². The highest BCUT2D eigenvalue weighted by Gasteiger charge is 2.38. The van der Waals surface area contributed by atoms with Crippen LogP contribution in [0.25, 0.3) is 0 Å². The van der Waals surface area contributed by atoms with Crippen molar-refractivity contribution in [3.8, 4) is 0 Å². The first-order chi connectivity index (χ1) is 8.62. The molecule has 3 rings (SSSR count). The van der Waals surface area contributed by atoms with Gasteiger partial charge in [-0.15, -0.1) is 0 Å². The Morgan fingerprint density at radius 1 is 1.28 bits per heavy atom. The Kier molecular flexibility index (Phi) is 2.93. The van der Waals surface area contributed by atoms with Gasteiger partial charge >= 0.3 is 0 Å². The third-order valence-corrected chi connectivity index (χ3v) is 4.74. The molecule has 2 N–H and O–H groups in total. The van der Waals surface area contributed by atoms with E-state index >= 15 is 0 Å². The first-order valence-corrected chi connectivity index (χ1v) is 7.32. The number of aromatic nitrogens is 3. The maximum atomic E-state index is 6.61. The van der Waals surface area contributed by atoms with Crippen LogP contribution in [0.15, 0.2) is 0 Å². The van der Waals surface area contributed by atoms with Crippen LogP contribution in [-0.2, 0) is 12.6 Å². The zero-order valence-corrected chi connectivity index (χ0v) is 11.5. The van der Waals surface area contributed by atoms with Crippen LogP contribution in [0.4, 0.5) is 0 Å². The van der Waals surface area contributed by atoms with Gasteiger partial charge in [-0.05, 0) is 44.4 Å². The van der Waals surface area contributed by atoms with Gasteiger partial charge in [-0.2, -0.15) is 5.10 Å². The molecule has 0 spiro atoms. The molecular formula is C14H24N4. The second-order valence-corrected chi connectivity index (χ2v) is 6.20. The van der Waals surface area contributed by atoms with E-state index in [2.05, 4.69) is 12.0 Å². The lowest BCUT2D eigenvalue weighted by Crippen LogP contribution is -2.42. The summed E-state index contributed by atoms with van der Waals surface area (Å²) in [6.45, 7) is 2.28. The predicted octanol–water partition coefficient (Wildman–Crippen LogP) is 2.45. The van der Waals surface area contributed by atoms with Crippen molar-refractivity contribution in [2.24, 2.45) is 18.7 Å². The molecule has 0 saturated heterocycles. The molecule has 2 aliphatic rings. The van der Waals surface area contributed by atoms with E-state index in [4.69, 9.17) is 10.7 Å². The van der Waals surface area contributed by atoms with Crippen molar-refractivity contribution in [3.63, 3.8) is 0 Å². The van der Waals surface area contributed by atoms with Crippen LogP contribution in [0.3, 0.4) is 0 Å². The largest absolute Gasteiger partial charge is 0.319 e. The van der Waals surface area contributed by atoms with Crippen molar-refractivity contribution in [1.82, 2.24) is 14.8 Å². The molecule has 0 unspecified atom stereocenters. The summed E-state index contributed by atoms with van der Waals surface area (Å²) >= 11 is 0. The molecule has 0 aromatic carbocycles. The van der Waals surface area contributed by atoms with E-state index in [-0.39, 0.29) is 5.54 Å². The van der Waals surface area contributed by atoms with Crippen molar-refractivity contribution in [2.45, 2.75) is 63.3 Å². The number of aryl methyl sites for hydroxylation is 1. The fourth-order valence-corrected chi connectivity index (χ4v) is 3.18. The minimum absolute atomic E-state index is 0.236. The SMILES string of the molecule is CCC1CCC(N)(c2nc(C3CC3)nn2C)CC1. The molecule has 4 nitrogen and oxygen atoms in total. The molecule has 0 bridgehead atoms. The summed E-state index contributed by atoms with van der Waals surface area (Å²) in [7, 11) is 1.99. The average Bonchev–Trinajstić information content (AvgIpc) is 3.14. The van der Waals surface area contributed by atoms with Gasteiger partial charge in [0.05, 0.1) is 5.54 Å². The third kappa shape index (κ3) is 2.07. The Morgan fingerprint density at radius 2 is 1.94 bits per heavy atom. The van der Waals surface area contributed by atoms with Crippen molar-refractivity contribution in [1.29, 1.82) is 0 Å². The Bertz CT molecular complexity index is 425. The highest BCUT2D eigenvalue weighted by atomic mass is 15.3. The highest BCUT2D eigenvalue weighted by molar-refractivity contribution is 5.13.